The van der Waals surface area contributed by atoms with Crippen molar-refractivity contribution in [3.05, 3.63) is 72.0 Å². The van der Waals surface area contributed by atoms with Crippen LogP contribution in [0.5, 0.6) is 0 Å². The van der Waals surface area contributed by atoms with Crippen molar-refractivity contribution >= 4 is 16.9 Å². The van der Waals surface area contributed by atoms with Gasteiger partial charge in [0.15, 0.2) is 0 Å². The first-order valence-corrected chi connectivity index (χ1v) is 8.11. The summed E-state index contributed by atoms with van der Waals surface area (Å²) < 4.78 is 5.82. The Morgan fingerprint density at radius 3 is 2.54 bits per heavy atom. The molecule has 1 unspecified atom stereocenters. The molecular weight excluding hydrogens is 302 g/mol. The molecule has 4 nitrogen and oxygen atoms in total. The summed E-state index contributed by atoms with van der Waals surface area (Å²) in [7, 11) is 0. The minimum atomic E-state index is -0.396. The molecule has 0 spiro atoms. The second-order valence-corrected chi connectivity index (χ2v) is 5.88. The summed E-state index contributed by atoms with van der Waals surface area (Å²) in [6.45, 7) is 2.56. The summed E-state index contributed by atoms with van der Waals surface area (Å²) >= 11 is 0. The molecule has 0 radical (unpaired) electrons. The zero-order chi connectivity index (χ0) is 16.9. The van der Waals surface area contributed by atoms with E-state index < -0.39 is 5.92 Å². The van der Waals surface area contributed by atoms with Crippen molar-refractivity contribution in [2.24, 2.45) is 0 Å². The lowest BCUT2D eigenvalue weighted by atomic mass is 10.1. The molecule has 0 aliphatic carbocycles. The topological polar surface area (TPSA) is 53.7 Å². The Balaban J connectivity index is 1.80. The fourth-order valence-corrected chi connectivity index (χ4v) is 2.80. The van der Waals surface area contributed by atoms with Crippen molar-refractivity contribution < 1.29 is 14.3 Å². The normalized spacial score (nSPS) is 12.2. The second-order valence-electron chi connectivity index (χ2n) is 5.88. The predicted molar refractivity (Wildman–Crippen MR) is 93.6 cm³/mol. The van der Waals surface area contributed by atoms with Crippen molar-refractivity contribution in [3.8, 4) is 0 Å². The molecular formula is C20H21NO3. The van der Waals surface area contributed by atoms with Crippen LogP contribution in [0.2, 0.25) is 0 Å². The van der Waals surface area contributed by atoms with Crippen LogP contribution in [-0.4, -0.2) is 29.1 Å². The van der Waals surface area contributed by atoms with Gasteiger partial charge in [-0.25, -0.2) is 0 Å². The van der Waals surface area contributed by atoms with E-state index in [-0.39, 0.29) is 12.5 Å². The van der Waals surface area contributed by atoms with Crippen molar-refractivity contribution in [1.82, 2.24) is 4.90 Å². The Kier molecular flexibility index (Phi) is 4.96. The Morgan fingerprint density at radius 2 is 1.83 bits per heavy atom. The Morgan fingerprint density at radius 1 is 1.12 bits per heavy atom. The highest BCUT2D eigenvalue weighted by Crippen LogP contribution is 2.26. The molecule has 3 aromatic rings. The summed E-state index contributed by atoms with van der Waals surface area (Å²) in [5, 5.41) is 10.3. The summed E-state index contributed by atoms with van der Waals surface area (Å²) in [5.74, 6) is 0.205. The Labute approximate surface area is 141 Å². The molecule has 0 saturated heterocycles. The van der Waals surface area contributed by atoms with E-state index in [1.807, 2.05) is 67.6 Å². The zero-order valence-electron chi connectivity index (χ0n) is 13.7. The first-order valence-electron chi connectivity index (χ1n) is 8.11. The van der Waals surface area contributed by atoms with Crippen LogP contribution in [0.25, 0.3) is 11.0 Å². The number of amides is 1. The van der Waals surface area contributed by atoms with Gasteiger partial charge < -0.3 is 14.4 Å². The number of rotatable bonds is 6. The zero-order valence-corrected chi connectivity index (χ0v) is 13.7. The molecule has 1 amide bonds. The predicted octanol–water partition coefficient (Wildman–Crippen LogP) is 3.56. The van der Waals surface area contributed by atoms with Crippen LogP contribution in [0.3, 0.4) is 0 Å². The van der Waals surface area contributed by atoms with Crippen LogP contribution in [0.4, 0.5) is 0 Å². The van der Waals surface area contributed by atoms with Gasteiger partial charge in [-0.2, -0.15) is 0 Å². The lowest BCUT2D eigenvalue weighted by molar-refractivity contribution is -0.134. The average molecular weight is 323 g/mol. The summed E-state index contributed by atoms with van der Waals surface area (Å²) in [6, 6.07) is 19.4. The monoisotopic (exact) mass is 323 g/mol. The van der Waals surface area contributed by atoms with E-state index >= 15 is 0 Å². The highest BCUT2D eigenvalue weighted by atomic mass is 16.3. The first kappa shape index (κ1) is 16.3. The van der Waals surface area contributed by atoms with Crippen LogP contribution in [-0.2, 0) is 11.3 Å². The average Bonchev–Trinajstić information content (AvgIpc) is 3.05. The Hall–Kier alpha value is -2.59. The number of hydrogen-bond acceptors (Lipinski definition) is 3. The highest BCUT2D eigenvalue weighted by Gasteiger charge is 2.24. The van der Waals surface area contributed by atoms with Crippen LogP contribution in [0.15, 0.2) is 65.1 Å². The van der Waals surface area contributed by atoms with E-state index in [1.165, 1.54) is 0 Å². The number of nitrogens with zero attached hydrogens (tertiary/aromatic N) is 1. The first-order chi connectivity index (χ1) is 11.7. The van der Waals surface area contributed by atoms with Gasteiger partial charge >= 0.3 is 0 Å². The quantitative estimate of drug-likeness (QED) is 0.754. The maximum absolute atomic E-state index is 12.9. The van der Waals surface area contributed by atoms with Crippen LogP contribution in [0.1, 0.15) is 24.2 Å². The smallest absolute Gasteiger partial charge is 0.233 e. The van der Waals surface area contributed by atoms with Gasteiger partial charge in [0.05, 0.1) is 12.5 Å². The standard InChI is InChI=1S/C20H21NO3/c1-15(19-13-17-9-5-6-10-18(17)24-19)20(23)21(11-12-22)14-16-7-3-2-4-8-16/h2-10,13,15,22H,11-12,14H2,1H3. The molecule has 0 saturated carbocycles. The molecule has 0 aliphatic heterocycles. The summed E-state index contributed by atoms with van der Waals surface area (Å²) in [5.41, 5.74) is 1.82. The summed E-state index contributed by atoms with van der Waals surface area (Å²) in [6.07, 6.45) is 0. The fraction of sp³-hybridized carbons (Fsp3) is 0.250. The number of furan rings is 1. The van der Waals surface area contributed by atoms with E-state index in [4.69, 9.17) is 4.42 Å². The van der Waals surface area contributed by atoms with Gasteiger partial charge in [0.25, 0.3) is 0 Å². The third-order valence-electron chi connectivity index (χ3n) is 4.14. The molecule has 0 bridgehead atoms. The molecule has 4 heteroatoms. The van der Waals surface area contributed by atoms with Crippen molar-refractivity contribution in [3.63, 3.8) is 0 Å². The molecule has 1 atom stereocenters. The SMILES string of the molecule is CC(C(=O)N(CCO)Cc1ccccc1)c1cc2ccccc2o1. The molecule has 0 aliphatic rings. The van der Waals surface area contributed by atoms with E-state index in [1.54, 1.807) is 4.90 Å². The maximum atomic E-state index is 12.9. The minimum absolute atomic E-state index is 0.0491. The fourth-order valence-electron chi connectivity index (χ4n) is 2.80. The van der Waals surface area contributed by atoms with Gasteiger partial charge in [-0.3, -0.25) is 4.79 Å². The largest absolute Gasteiger partial charge is 0.460 e. The second kappa shape index (κ2) is 7.32. The van der Waals surface area contributed by atoms with Gasteiger partial charge in [-0.1, -0.05) is 48.5 Å². The summed E-state index contributed by atoms with van der Waals surface area (Å²) in [4.78, 5) is 14.5. The number of carbonyl (C=O) groups excluding carboxylic acids is 1. The van der Waals surface area contributed by atoms with Gasteiger partial charge in [0.2, 0.25) is 5.91 Å². The number of aliphatic hydroxyl groups is 1. The number of carbonyl (C=O) groups is 1. The number of fused-ring (bicyclic) bond motifs is 1. The third-order valence-corrected chi connectivity index (χ3v) is 4.14. The highest BCUT2D eigenvalue weighted by molar-refractivity contribution is 5.85. The van der Waals surface area contributed by atoms with Crippen molar-refractivity contribution in [2.45, 2.75) is 19.4 Å². The van der Waals surface area contributed by atoms with Crippen LogP contribution < -0.4 is 0 Å². The maximum Gasteiger partial charge on any atom is 0.233 e. The number of para-hydroxylation sites is 1. The number of aliphatic hydroxyl groups excluding tert-OH is 1. The molecule has 2 aromatic carbocycles. The van der Waals surface area contributed by atoms with Crippen molar-refractivity contribution in [2.75, 3.05) is 13.2 Å². The molecule has 1 aromatic heterocycles. The van der Waals surface area contributed by atoms with Crippen LogP contribution in [0, 0.1) is 0 Å². The van der Waals surface area contributed by atoms with Gasteiger partial charge in [-0.15, -0.1) is 0 Å². The minimum Gasteiger partial charge on any atom is -0.460 e. The van der Waals surface area contributed by atoms with E-state index in [0.717, 1.165) is 16.5 Å². The third kappa shape index (κ3) is 3.49. The molecule has 1 N–H and O–H groups in total. The van der Waals surface area contributed by atoms with Crippen molar-refractivity contribution in [1.29, 1.82) is 0 Å². The molecule has 0 fully saturated rings. The molecule has 124 valence electrons. The lowest BCUT2D eigenvalue weighted by Gasteiger charge is -2.24. The van der Waals surface area contributed by atoms with Gasteiger partial charge in [0.1, 0.15) is 11.3 Å². The van der Waals surface area contributed by atoms with Gasteiger partial charge in [-0.05, 0) is 24.6 Å². The Bertz CT molecular complexity index is 777. The number of hydrogen-bond donors (Lipinski definition) is 1. The molecule has 1 heterocycles. The lowest BCUT2D eigenvalue weighted by Crippen LogP contribution is -2.35. The van der Waals surface area contributed by atoms with E-state index in [2.05, 4.69) is 0 Å². The van der Waals surface area contributed by atoms with Crippen LogP contribution >= 0.6 is 0 Å². The molecule has 24 heavy (non-hydrogen) atoms. The van der Waals surface area contributed by atoms with Gasteiger partial charge in [0, 0.05) is 18.5 Å². The molecule has 3 rings (SSSR count). The number of benzene rings is 2. The van der Waals surface area contributed by atoms with E-state index in [9.17, 15) is 9.90 Å². The van der Waals surface area contributed by atoms with E-state index in [0.29, 0.717) is 18.8 Å².